The van der Waals surface area contributed by atoms with E-state index in [2.05, 4.69) is 10.4 Å². The van der Waals surface area contributed by atoms with Crippen molar-refractivity contribution < 1.29 is 14.0 Å². The number of nitrogens with one attached hydrogen (secondary N) is 1. The highest BCUT2D eigenvalue weighted by atomic mass is 19.1. The Morgan fingerprint density at radius 3 is 2.67 bits per heavy atom. The average molecular weight is 290 g/mol. The van der Waals surface area contributed by atoms with Crippen molar-refractivity contribution in [2.24, 2.45) is 5.73 Å². The van der Waals surface area contributed by atoms with E-state index in [4.69, 9.17) is 5.73 Å². The molecule has 21 heavy (non-hydrogen) atoms. The monoisotopic (exact) mass is 290 g/mol. The SMILES string of the molecule is CNC(=O)c1cc(C(N)=O)n([C@@H](C)c2cccc(F)c2)n1. The topological polar surface area (TPSA) is 90.0 Å². The molecule has 7 heteroatoms. The van der Waals surface area contributed by atoms with Crippen molar-refractivity contribution in [3.8, 4) is 0 Å². The van der Waals surface area contributed by atoms with Crippen LogP contribution >= 0.6 is 0 Å². The average Bonchev–Trinajstić information content (AvgIpc) is 2.91. The van der Waals surface area contributed by atoms with Gasteiger partial charge in [-0.3, -0.25) is 14.3 Å². The molecule has 0 bridgehead atoms. The van der Waals surface area contributed by atoms with Crippen LogP contribution in [-0.4, -0.2) is 28.6 Å². The highest BCUT2D eigenvalue weighted by Gasteiger charge is 2.21. The first-order valence-corrected chi connectivity index (χ1v) is 6.31. The molecule has 0 unspecified atom stereocenters. The van der Waals surface area contributed by atoms with Crippen LogP contribution in [0.1, 0.15) is 39.5 Å². The number of carbonyl (C=O) groups excluding carboxylic acids is 2. The molecule has 2 aromatic rings. The van der Waals surface area contributed by atoms with Crippen LogP contribution in [0.4, 0.5) is 4.39 Å². The fraction of sp³-hybridized carbons (Fsp3) is 0.214. The fourth-order valence-electron chi connectivity index (χ4n) is 2.02. The van der Waals surface area contributed by atoms with E-state index in [0.717, 1.165) is 0 Å². The Labute approximate surface area is 120 Å². The number of nitrogens with zero attached hydrogens (tertiary/aromatic N) is 2. The molecule has 110 valence electrons. The minimum atomic E-state index is -0.707. The van der Waals surface area contributed by atoms with Crippen molar-refractivity contribution in [3.63, 3.8) is 0 Å². The number of hydrogen-bond donors (Lipinski definition) is 2. The summed E-state index contributed by atoms with van der Waals surface area (Å²) in [7, 11) is 1.46. The van der Waals surface area contributed by atoms with Crippen molar-refractivity contribution >= 4 is 11.8 Å². The zero-order chi connectivity index (χ0) is 15.6. The maximum Gasteiger partial charge on any atom is 0.271 e. The lowest BCUT2D eigenvalue weighted by molar-refractivity contribution is 0.0955. The van der Waals surface area contributed by atoms with Crippen molar-refractivity contribution in [1.82, 2.24) is 15.1 Å². The minimum Gasteiger partial charge on any atom is -0.364 e. The van der Waals surface area contributed by atoms with Gasteiger partial charge in [-0.15, -0.1) is 0 Å². The minimum absolute atomic E-state index is 0.0783. The Hall–Kier alpha value is -2.70. The predicted molar refractivity (Wildman–Crippen MR) is 74.3 cm³/mol. The Kier molecular flexibility index (Phi) is 4.02. The Morgan fingerprint density at radius 2 is 2.10 bits per heavy atom. The number of carbonyl (C=O) groups is 2. The first-order chi connectivity index (χ1) is 9.93. The van der Waals surface area contributed by atoms with Gasteiger partial charge in [-0.2, -0.15) is 5.10 Å². The van der Waals surface area contributed by atoms with Gasteiger partial charge in [0.1, 0.15) is 11.5 Å². The van der Waals surface area contributed by atoms with E-state index in [1.54, 1.807) is 19.1 Å². The normalized spacial score (nSPS) is 12.0. The highest BCUT2D eigenvalue weighted by Crippen LogP contribution is 2.20. The summed E-state index contributed by atoms with van der Waals surface area (Å²) in [4.78, 5) is 23.1. The van der Waals surface area contributed by atoms with E-state index >= 15 is 0 Å². The molecule has 0 radical (unpaired) electrons. The molecule has 0 fully saturated rings. The van der Waals surface area contributed by atoms with Gasteiger partial charge in [-0.25, -0.2) is 4.39 Å². The third kappa shape index (κ3) is 2.91. The van der Waals surface area contributed by atoms with Crippen molar-refractivity contribution in [1.29, 1.82) is 0 Å². The zero-order valence-electron chi connectivity index (χ0n) is 11.6. The number of benzene rings is 1. The molecule has 0 spiro atoms. The molecule has 0 aliphatic rings. The van der Waals surface area contributed by atoms with Crippen LogP contribution in [0.15, 0.2) is 30.3 Å². The first-order valence-electron chi connectivity index (χ1n) is 6.31. The molecule has 1 aromatic carbocycles. The van der Waals surface area contributed by atoms with Gasteiger partial charge in [0.2, 0.25) is 0 Å². The lowest BCUT2D eigenvalue weighted by atomic mass is 10.1. The predicted octanol–water partition coefficient (Wildman–Crippen LogP) is 1.09. The molecular formula is C14H15FN4O2. The van der Waals surface area contributed by atoms with E-state index in [9.17, 15) is 14.0 Å². The Morgan fingerprint density at radius 1 is 1.38 bits per heavy atom. The van der Waals surface area contributed by atoms with Crippen molar-refractivity contribution in [3.05, 3.63) is 53.1 Å². The van der Waals surface area contributed by atoms with Gasteiger partial charge < -0.3 is 11.1 Å². The third-order valence-electron chi connectivity index (χ3n) is 3.15. The maximum absolute atomic E-state index is 13.3. The van der Waals surface area contributed by atoms with Crippen LogP contribution in [0.25, 0.3) is 0 Å². The zero-order valence-corrected chi connectivity index (χ0v) is 11.6. The molecule has 1 aromatic heterocycles. The molecule has 2 rings (SSSR count). The van der Waals surface area contributed by atoms with Gasteiger partial charge in [0.05, 0.1) is 6.04 Å². The number of hydrogen-bond acceptors (Lipinski definition) is 3. The molecule has 0 aliphatic heterocycles. The molecule has 3 N–H and O–H groups in total. The summed E-state index contributed by atoms with van der Waals surface area (Å²) in [6.45, 7) is 1.74. The second-order valence-electron chi connectivity index (χ2n) is 4.53. The molecule has 0 saturated carbocycles. The summed E-state index contributed by atoms with van der Waals surface area (Å²) in [5.74, 6) is -1.53. The first kappa shape index (κ1) is 14.7. The van der Waals surface area contributed by atoms with Crippen LogP contribution < -0.4 is 11.1 Å². The van der Waals surface area contributed by atoms with E-state index in [-0.39, 0.29) is 11.4 Å². The van der Waals surface area contributed by atoms with Gasteiger partial charge in [-0.1, -0.05) is 12.1 Å². The quantitative estimate of drug-likeness (QED) is 0.883. The van der Waals surface area contributed by atoms with Crippen molar-refractivity contribution in [2.45, 2.75) is 13.0 Å². The molecule has 0 aliphatic carbocycles. The lowest BCUT2D eigenvalue weighted by Crippen LogP contribution is -2.21. The molecule has 0 saturated heterocycles. The summed E-state index contributed by atoms with van der Waals surface area (Å²) in [5, 5.41) is 6.51. The number of aromatic nitrogens is 2. The highest BCUT2D eigenvalue weighted by molar-refractivity contribution is 5.97. The van der Waals surface area contributed by atoms with E-state index in [1.165, 1.54) is 29.9 Å². The van der Waals surface area contributed by atoms with E-state index in [1.807, 2.05) is 0 Å². The summed E-state index contributed by atoms with van der Waals surface area (Å²) in [6.07, 6.45) is 0. The van der Waals surface area contributed by atoms with E-state index < -0.39 is 23.7 Å². The third-order valence-corrected chi connectivity index (χ3v) is 3.15. The van der Waals surface area contributed by atoms with Gasteiger partial charge in [0.25, 0.3) is 11.8 Å². The Bertz CT molecular complexity index is 696. The van der Waals surface area contributed by atoms with Gasteiger partial charge in [-0.05, 0) is 24.6 Å². The van der Waals surface area contributed by atoms with Crippen LogP contribution in [0.2, 0.25) is 0 Å². The summed E-state index contributed by atoms with van der Waals surface area (Å²) in [6, 6.07) is 6.81. The molecular weight excluding hydrogens is 275 g/mol. The molecule has 1 atom stereocenters. The second-order valence-corrected chi connectivity index (χ2v) is 4.53. The largest absolute Gasteiger partial charge is 0.364 e. The van der Waals surface area contributed by atoms with Crippen LogP contribution in [-0.2, 0) is 0 Å². The smallest absolute Gasteiger partial charge is 0.271 e. The number of amides is 2. The van der Waals surface area contributed by atoms with Crippen molar-refractivity contribution in [2.75, 3.05) is 7.05 Å². The van der Waals surface area contributed by atoms with Gasteiger partial charge in [0, 0.05) is 13.1 Å². The number of primary amides is 1. The summed E-state index contributed by atoms with van der Waals surface area (Å²) in [5.41, 5.74) is 6.09. The summed E-state index contributed by atoms with van der Waals surface area (Å²) >= 11 is 0. The van der Waals surface area contributed by atoms with Gasteiger partial charge >= 0.3 is 0 Å². The number of nitrogens with two attached hydrogens (primary N) is 1. The Balaban J connectivity index is 2.49. The van der Waals surface area contributed by atoms with Crippen LogP contribution in [0, 0.1) is 5.82 Å². The fourth-order valence-corrected chi connectivity index (χ4v) is 2.02. The number of rotatable bonds is 4. The van der Waals surface area contributed by atoms with Crippen LogP contribution in [0.3, 0.4) is 0 Å². The van der Waals surface area contributed by atoms with E-state index in [0.29, 0.717) is 5.56 Å². The van der Waals surface area contributed by atoms with Gasteiger partial charge in [0.15, 0.2) is 5.69 Å². The lowest BCUT2D eigenvalue weighted by Gasteiger charge is -2.15. The molecule has 1 heterocycles. The maximum atomic E-state index is 13.3. The molecule has 2 amide bonds. The number of halogens is 1. The standard InChI is InChI=1S/C14H15FN4O2/c1-8(9-4-3-5-10(15)6-9)19-12(13(16)20)7-11(18-19)14(21)17-2/h3-8H,1-2H3,(H2,16,20)(H,17,21)/t8-/m0/s1. The second kappa shape index (κ2) is 5.74. The summed E-state index contributed by atoms with van der Waals surface area (Å²) < 4.78 is 14.6. The molecule has 6 nitrogen and oxygen atoms in total. The van der Waals surface area contributed by atoms with Crippen LogP contribution in [0.5, 0.6) is 0 Å².